The summed E-state index contributed by atoms with van der Waals surface area (Å²) in [4.78, 5) is 26.4. The standard InChI is InChI=1S/C19H26F3N5O3S/c1-10-7-18(14(23)28)5-2-3-11(8-18)13(10)30-17(29)27-6-4-12(9-27)24-16-26-25-15(31-16)19(20,21)22/h10-13H,2-9H2,1H3,(H2,23,28)(H,24,26)/t10?,11?,12-,13-,18-/m1/s1. The van der Waals surface area contributed by atoms with Gasteiger partial charge in [0.1, 0.15) is 6.10 Å². The van der Waals surface area contributed by atoms with Crippen LogP contribution >= 0.6 is 11.3 Å². The first-order valence-electron chi connectivity index (χ1n) is 10.5. The molecule has 2 unspecified atom stereocenters. The summed E-state index contributed by atoms with van der Waals surface area (Å²) in [6.45, 7) is 2.75. The number of hydrogen-bond donors (Lipinski definition) is 2. The molecule has 2 bridgehead atoms. The number of nitrogens with two attached hydrogens (primary N) is 1. The van der Waals surface area contributed by atoms with Gasteiger partial charge in [-0.3, -0.25) is 4.79 Å². The first-order valence-corrected chi connectivity index (χ1v) is 11.3. The van der Waals surface area contributed by atoms with Gasteiger partial charge in [-0.15, -0.1) is 10.2 Å². The topological polar surface area (TPSA) is 110 Å². The molecule has 8 nitrogen and oxygen atoms in total. The largest absolute Gasteiger partial charge is 0.446 e. The van der Waals surface area contributed by atoms with Gasteiger partial charge in [-0.05, 0) is 43.9 Å². The normalized spacial score (nSPS) is 33.2. The number of carbonyl (C=O) groups excluding carboxylic acids is 2. The smallest absolute Gasteiger partial charge is 0.445 e. The van der Waals surface area contributed by atoms with E-state index in [2.05, 4.69) is 15.5 Å². The molecule has 172 valence electrons. The number of hydrogen-bond acceptors (Lipinski definition) is 7. The fourth-order valence-electron chi connectivity index (χ4n) is 5.41. The molecular weight excluding hydrogens is 435 g/mol. The summed E-state index contributed by atoms with van der Waals surface area (Å²) in [5, 5.41) is 8.70. The van der Waals surface area contributed by atoms with Crippen molar-refractivity contribution in [2.24, 2.45) is 23.0 Å². The maximum absolute atomic E-state index is 12.8. The van der Waals surface area contributed by atoms with Gasteiger partial charge in [-0.1, -0.05) is 24.7 Å². The lowest BCUT2D eigenvalue weighted by Crippen LogP contribution is -2.52. The summed E-state index contributed by atoms with van der Waals surface area (Å²) in [5.41, 5.74) is 5.21. The Labute approximate surface area is 181 Å². The highest BCUT2D eigenvalue weighted by molar-refractivity contribution is 7.15. The molecule has 1 aromatic heterocycles. The molecule has 0 spiro atoms. The van der Waals surface area contributed by atoms with Crippen molar-refractivity contribution in [3.63, 3.8) is 0 Å². The molecule has 5 atom stereocenters. The summed E-state index contributed by atoms with van der Waals surface area (Å²) in [6, 6.07) is -0.220. The molecule has 2 aliphatic carbocycles. The van der Waals surface area contributed by atoms with E-state index in [-0.39, 0.29) is 35.0 Å². The Morgan fingerprint density at radius 1 is 1.29 bits per heavy atom. The van der Waals surface area contributed by atoms with E-state index in [1.54, 1.807) is 4.90 Å². The number of nitrogens with one attached hydrogen (secondary N) is 1. The first kappa shape index (κ1) is 22.1. The second kappa shape index (κ2) is 8.10. The molecule has 0 aromatic carbocycles. The molecule has 4 rings (SSSR count). The molecule has 3 N–H and O–H groups in total. The van der Waals surface area contributed by atoms with E-state index in [9.17, 15) is 22.8 Å². The summed E-state index contributed by atoms with van der Waals surface area (Å²) in [7, 11) is 0. The van der Waals surface area contributed by atoms with Crippen LogP contribution in [0.3, 0.4) is 0 Å². The van der Waals surface area contributed by atoms with Crippen LogP contribution in [0, 0.1) is 17.3 Å². The minimum absolute atomic E-state index is 0.0363. The minimum Gasteiger partial charge on any atom is -0.446 e. The van der Waals surface area contributed by atoms with Gasteiger partial charge < -0.3 is 20.7 Å². The molecule has 1 saturated heterocycles. The minimum atomic E-state index is -4.52. The zero-order valence-corrected chi connectivity index (χ0v) is 18.0. The van der Waals surface area contributed by atoms with Crippen LogP contribution in [0.1, 0.15) is 50.5 Å². The van der Waals surface area contributed by atoms with Crippen LogP contribution in [-0.4, -0.2) is 52.3 Å². The molecule has 0 radical (unpaired) electrons. The average Bonchev–Trinajstić information content (AvgIpc) is 3.35. The van der Waals surface area contributed by atoms with Crippen LogP contribution in [0.2, 0.25) is 0 Å². The maximum Gasteiger partial charge on any atom is 0.445 e. The highest BCUT2D eigenvalue weighted by Crippen LogP contribution is 2.51. The Balaban J connectivity index is 1.33. The second-order valence-electron chi connectivity index (χ2n) is 9.02. The van der Waals surface area contributed by atoms with Crippen molar-refractivity contribution in [3.05, 3.63) is 5.01 Å². The highest BCUT2D eigenvalue weighted by atomic mass is 32.1. The Morgan fingerprint density at radius 3 is 2.74 bits per heavy atom. The fourth-order valence-corrected chi connectivity index (χ4v) is 6.10. The van der Waals surface area contributed by atoms with Crippen molar-refractivity contribution in [2.75, 3.05) is 18.4 Å². The zero-order chi connectivity index (χ0) is 22.4. The molecule has 3 aliphatic rings. The maximum atomic E-state index is 12.8. The van der Waals surface area contributed by atoms with Crippen LogP contribution in [0.5, 0.6) is 0 Å². The number of anilines is 1. The van der Waals surface area contributed by atoms with Gasteiger partial charge >= 0.3 is 12.3 Å². The monoisotopic (exact) mass is 461 g/mol. The lowest BCUT2D eigenvalue weighted by Gasteiger charge is -2.49. The van der Waals surface area contributed by atoms with Crippen LogP contribution in [0.15, 0.2) is 0 Å². The molecule has 2 heterocycles. The van der Waals surface area contributed by atoms with Crippen LogP contribution in [0.25, 0.3) is 0 Å². The third-order valence-corrected chi connectivity index (χ3v) is 7.72. The summed E-state index contributed by atoms with van der Waals surface area (Å²) in [6.07, 6.45) is -0.754. The van der Waals surface area contributed by atoms with Gasteiger partial charge in [-0.2, -0.15) is 13.2 Å². The lowest BCUT2D eigenvalue weighted by molar-refractivity contribution is -0.141. The van der Waals surface area contributed by atoms with E-state index in [1.165, 1.54) is 0 Å². The number of carbonyl (C=O) groups is 2. The number of amides is 2. The Morgan fingerprint density at radius 2 is 2.06 bits per heavy atom. The van der Waals surface area contributed by atoms with E-state index < -0.39 is 22.7 Å². The summed E-state index contributed by atoms with van der Waals surface area (Å²) in [5.74, 6) is -0.102. The van der Waals surface area contributed by atoms with Crippen molar-refractivity contribution in [1.29, 1.82) is 0 Å². The van der Waals surface area contributed by atoms with E-state index in [4.69, 9.17) is 10.5 Å². The van der Waals surface area contributed by atoms with E-state index in [1.807, 2.05) is 6.92 Å². The van der Waals surface area contributed by atoms with Gasteiger partial charge in [0, 0.05) is 24.5 Å². The van der Waals surface area contributed by atoms with Crippen molar-refractivity contribution >= 4 is 28.5 Å². The fraction of sp³-hybridized carbons (Fsp3) is 0.789. The molecule has 2 amide bonds. The van der Waals surface area contributed by atoms with Gasteiger partial charge in [0.25, 0.3) is 0 Å². The molecule has 3 fully saturated rings. The number of ether oxygens (including phenoxy) is 1. The molecule has 1 aliphatic heterocycles. The molecule has 12 heteroatoms. The predicted molar refractivity (Wildman–Crippen MR) is 106 cm³/mol. The summed E-state index contributed by atoms with van der Waals surface area (Å²) < 4.78 is 43.9. The van der Waals surface area contributed by atoms with Crippen LogP contribution in [0.4, 0.5) is 23.1 Å². The van der Waals surface area contributed by atoms with Crippen molar-refractivity contribution in [1.82, 2.24) is 15.1 Å². The van der Waals surface area contributed by atoms with E-state index in [0.29, 0.717) is 43.7 Å². The number of primary amides is 1. The van der Waals surface area contributed by atoms with Crippen LogP contribution < -0.4 is 11.1 Å². The SMILES string of the molecule is CC1C[C@]2(C(N)=O)CCCC(C2)[C@@H]1OC(=O)N1CC[C@@H](Nc2nnc(C(F)(F)F)s2)C1. The number of rotatable bonds is 4. The number of alkyl halides is 3. The predicted octanol–water partition coefficient (Wildman–Crippen LogP) is 3.25. The lowest BCUT2D eigenvalue weighted by atomic mass is 9.57. The summed E-state index contributed by atoms with van der Waals surface area (Å²) >= 11 is 0.446. The van der Waals surface area contributed by atoms with Gasteiger partial charge in [0.05, 0.1) is 0 Å². The third kappa shape index (κ3) is 4.44. The van der Waals surface area contributed by atoms with E-state index in [0.717, 1.165) is 19.3 Å². The zero-order valence-electron chi connectivity index (χ0n) is 17.2. The van der Waals surface area contributed by atoms with Gasteiger partial charge in [0.15, 0.2) is 0 Å². The van der Waals surface area contributed by atoms with Crippen molar-refractivity contribution < 1.29 is 27.5 Å². The third-order valence-electron chi connectivity index (χ3n) is 6.82. The van der Waals surface area contributed by atoms with Crippen molar-refractivity contribution in [2.45, 2.75) is 63.8 Å². The van der Waals surface area contributed by atoms with Crippen molar-refractivity contribution in [3.8, 4) is 0 Å². The average molecular weight is 462 g/mol. The number of fused-ring (bicyclic) bond motifs is 2. The molecule has 2 saturated carbocycles. The highest BCUT2D eigenvalue weighted by Gasteiger charge is 2.51. The Kier molecular flexibility index (Phi) is 5.78. The second-order valence-corrected chi connectivity index (χ2v) is 9.99. The van der Waals surface area contributed by atoms with E-state index >= 15 is 0 Å². The Bertz CT molecular complexity index is 846. The molecule has 31 heavy (non-hydrogen) atoms. The molecule has 1 aromatic rings. The number of aromatic nitrogens is 2. The Hall–Kier alpha value is -2.11. The number of likely N-dealkylation sites (tertiary alicyclic amines) is 1. The first-order chi connectivity index (χ1) is 14.6. The van der Waals surface area contributed by atoms with Gasteiger partial charge in [0.2, 0.25) is 16.0 Å². The number of nitrogens with zero attached hydrogens (tertiary/aromatic N) is 3. The molecular formula is C19H26F3N5O3S. The van der Waals surface area contributed by atoms with Crippen LogP contribution in [-0.2, 0) is 15.7 Å². The number of halogens is 3. The van der Waals surface area contributed by atoms with Gasteiger partial charge in [-0.25, -0.2) is 4.79 Å². The quantitative estimate of drug-likeness (QED) is 0.712.